The smallest absolute Gasteiger partial charge is 0.337 e. The van der Waals surface area contributed by atoms with Crippen LogP contribution in [0.25, 0.3) is 0 Å². The van der Waals surface area contributed by atoms with E-state index in [1.807, 2.05) is 36.4 Å². The second-order valence-electron chi connectivity index (χ2n) is 5.97. The van der Waals surface area contributed by atoms with Gasteiger partial charge in [-0.2, -0.15) is 0 Å². The third kappa shape index (κ3) is 4.97. The van der Waals surface area contributed by atoms with Gasteiger partial charge in [0.2, 0.25) is 0 Å². The van der Waals surface area contributed by atoms with E-state index in [0.29, 0.717) is 23.7 Å². The van der Waals surface area contributed by atoms with Gasteiger partial charge in [0.15, 0.2) is 0 Å². The Morgan fingerprint density at radius 1 is 1.00 bits per heavy atom. The number of methoxy groups -OCH3 is 2. The highest BCUT2D eigenvalue weighted by Gasteiger charge is 2.07. The van der Waals surface area contributed by atoms with Crippen molar-refractivity contribution in [1.29, 1.82) is 0 Å². The maximum Gasteiger partial charge on any atom is 0.337 e. The zero-order valence-corrected chi connectivity index (χ0v) is 15.8. The van der Waals surface area contributed by atoms with E-state index in [1.165, 1.54) is 13.4 Å². The molecule has 3 rings (SSSR count). The van der Waals surface area contributed by atoms with Crippen LogP contribution < -0.4 is 15.4 Å². The van der Waals surface area contributed by atoms with Crippen LogP contribution in [0.15, 0.2) is 60.9 Å². The number of benzene rings is 2. The highest BCUT2D eigenvalue weighted by molar-refractivity contribution is 5.90. The van der Waals surface area contributed by atoms with Crippen molar-refractivity contribution in [2.45, 2.75) is 6.42 Å². The highest BCUT2D eigenvalue weighted by atomic mass is 16.5. The molecule has 2 N–H and O–H groups in total. The zero-order valence-electron chi connectivity index (χ0n) is 15.8. The molecule has 0 spiro atoms. The molecule has 0 unspecified atom stereocenters. The molecule has 0 bridgehead atoms. The number of aromatic nitrogens is 2. The van der Waals surface area contributed by atoms with E-state index >= 15 is 0 Å². The summed E-state index contributed by atoms with van der Waals surface area (Å²) < 4.78 is 10.1. The Bertz CT molecular complexity index is 946. The molecule has 0 aliphatic rings. The van der Waals surface area contributed by atoms with Crippen molar-refractivity contribution in [3.05, 3.63) is 72.1 Å². The fourth-order valence-corrected chi connectivity index (χ4v) is 2.75. The van der Waals surface area contributed by atoms with Gasteiger partial charge in [-0.05, 0) is 36.2 Å². The number of nitrogens with one attached hydrogen (secondary N) is 2. The first-order chi connectivity index (χ1) is 13.7. The molecule has 0 radical (unpaired) electrons. The topological polar surface area (TPSA) is 85.4 Å². The molecule has 0 saturated carbocycles. The molecule has 2 aromatic carbocycles. The van der Waals surface area contributed by atoms with Gasteiger partial charge in [-0.1, -0.05) is 24.3 Å². The minimum absolute atomic E-state index is 0.384. The first-order valence-electron chi connectivity index (χ1n) is 8.83. The summed E-state index contributed by atoms with van der Waals surface area (Å²) in [6.45, 7) is 0.703. The lowest BCUT2D eigenvalue weighted by Crippen LogP contribution is -2.08. The predicted octanol–water partition coefficient (Wildman–Crippen LogP) is 3.67. The minimum atomic E-state index is -0.384. The molecule has 0 atom stereocenters. The Hall–Kier alpha value is -3.61. The van der Waals surface area contributed by atoms with Crippen molar-refractivity contribution in [1.82, 2.24) is 9.97 Å². The molecule has 1 heterocycles. The number of carbonyl (C=O) groups excluding carboxylic acids is 1. The van der Waals surface area contributed by atoms with Crippen LogP contribution >= 0.6 is 0 Å². The van der Waals surface area contributed by atoms with Gasteiger partial charge in [0.25, 0.3) is 0 Å². The highest BCUT2D eigenvalue weighted by Crippen LogP contribution is 2.19. The molecule has 0 aliphatic heterocycles. The molecule has 1 aromatic heterocycles. The van der Waals surface area contributed by atoms with E-state index < -0.39 is 0 Å². The summed E-state index contributed by atoms with van der Waals surface area (Å²) in [6, 6.07) is 16.8. The number of esters is 1. The Morgan fingerprint density at radius 3 is 2.64 bits per heavy atom. The van der Waals surface area contributed by atoms with Crippen LogP contribution in [0.5, 0.6) is 5.75 Å². The summed E-state index contributed by atoms with van der Waals surface area (Å²) in [5, 5.41) is 6.46. The number of hydrogen-bond donors (Lipinski definition) is 2. The number of ether oxygens (including phenoxy) is 2. The Kier molecular flexibility index (Phi) is 6.41. The molecule has 0 amide bonds. The van der Waals surface area contributed by atoms with Crippen molar-refractivity contribution in [2.75, 3.05) is 31.4 Å². The average Bonchev–Trinajstić information content (AvgIpc) is 2.74. The van der Waals surface area contributed by atoms with Crippen LogP contribution in [0.4, 0.5) is 17.3 Å². The molecule has 0 aliphatic carbocycles. The third-order valence-corrected chi connectivity index (χ3v) is 4.12. The molecule has 0 fully saturated rings. The molecule has 3 aromatic rings. The van der Waals surface area contributed by atoms with Crippen LogP contribution in [-0.2, 0) is 11.2 Å². The number of hydrogen-bond acceptors (Lipinski definition) is 7. The van der Waals surface area contributed by atoms with E-state index in [4.69, 9.17) is 9.47 Å². The fourth-order valence-electron chi connectivity index (χ4n) is 2.75. The van der Waals surface area contributed by atoms with Gasteiger partial charge in [0, 0.05) is 18.3 Å². The second kappa shape index (κ2) is 9.36. The number of carbonyl (C=O) groups is 1. The summed E-state index contributed by atoms with van der Waals surface area (Å²) in [4.78, 5) is 20.1. The normalized spacial score (nSPS) is 10.2. The average molecular weight is 378 g/mol. The van der Waals surface area contributed by atoms with Crippen molar-refractivity contribution < 1.29 is 14.3 Å². The Morgan fingerprint density at radius 2 is 1.82 bits per heavy atom. The van der Waals surface area contributed by atoms with Crippen molar-refractivity contribution in [3.8, 4) is 5.75 Å². The molecular weight excluding hydrogens is 356 g/mol. The summed E-state index contributed by atoms with van der Waals surface area (Å²) in [6.07, 6.45) is 2.29. The third-order valence-electron chi connectivity index (χ3n) is 4.12. The van der Waals surface area contributed by atoms with E-state index in [-0.39, 0.29) is 5.97 Å². The summed E-state index contributed by atoms with van der Waals surface area (Å²) in [5.74, 6) is 1.82. The number of nitrogens with zero attached hydrogens (tertiary/aromatic N) is 2. The molecule has 28 heavy (non-hydrogen) atoms. The van der Waals surface area contributed by atoms with Crippen LogP contribution in [0.1, 0.15) is 15.9 Å². The molecule has 0 saturated heterocycles. The van der Waals surface area contributed by atoms with E-state index in [9.17, 15) is 4.79 Å². The van der Waals surface area contributed by atoms with E-state index in [2.05, 4.69) is 20.6 Å². The van der Waals surface area contributed by atoms with Gasteiger partial charge in [-0.15, -0.1) is 0 Å². The van der Waals surface area contributed by atoms with Gasteiger partial charge >= 0.3 is 5.97 Å². The van der Waals surface area contributed by atoms with Crippen LogP contribution in [0.2, 0.25) is 0 Å². The van der Waals surface area contributed by atoms with Gasteiger partial charge < -0.3 is 20.1 Å². The summed E-state index contributed by atoms with van der Waals surface area (Å²) >= 11 is 0. The quantitative estimate of drug-likeness (QED) is 0.579. The Labute approximate surface area is 163 Å². The molecule has 144 valence electrons. The lowest BCUT2D eigenvalue weighted by atomic mass is 10.1. The summed E-state index contributed by atoms with van der Waals surface area (Å²) in [7, 11) is 3.03. The van der Waals surface area contributed by atoms with Crippen molar-refractivity contribution in [3.63, 3.8) is 0 Å². The largest absolute Gasteiger partial charge is 0.496 e. The second-order valence-corrected chi connectivity index (χ2v) is 5.97. The van der Waals surface area contributed by atoms with Crippen molar-refractivity contribution >= 4 is 23.3 Å². The van der Waals surface area contributed by atoms with Gasteiger partial charge in [0.1, 0.15) is 23.7 Å². The Balaban J connectivity index is 1.62. The van der Waals surface area contributed by atoms with Gasteiger partial charge in [-0.3, -0.25) is 0 Å². The summed E-state index contributed by atoms with van der Waals surface area (Å²) in [5.41, 5.74) is 2.34. The van der Waals surface area contributed by atoms with Crippen LogP contribution in [0, 0.1) is 0 Å². The lowest BCUT2D eigenvalue weighted by molar-refractivity contribution is 0.0601. The number of rotatable bonds is 8. The first kappa shape index (κ1) is 19.2. The molecular formula is C21H22N4O3. The zero-order chi connectivity index (χ0) is 19.8. The predicted molar refractivity (Wildman–Crippen MR) is 108 cm³/mol. The SMILES string of the molecule is COC(=O)c1cccc(Nc2cc(NCCc3ccccc3OC)ncn2)c1. The molecule has 7 nitrogen and oxygen atoms in total. The number of para-hydroxylation sites is 1. The lowest BCUT2D eigenvalue weighted by Gasteiger charge is -2.11. The van der Waals surface area contributed by atoms with Crippen molar-refractivity contribution in [2.24, 2.45) is 0 Å². The monoisotopic (exact) mass is 378 g/mol. The van der Waals surface area contributed by atoms with E-state index in [1.54, 1.807) is 25.3 Å². The first-order valence-corrected chi connectivity index (χ1v) is 8.83. The maximum atomic E-state index is 11.7. The maximum absolute atomic E-state index is 11.7. The molecule has 7 heteroatoms. The van der Waals surface area contributed by atoms with Gasteiger partial charge in [0.05, 0.1) is 19.8 Å². The van der Waals surface area contributed by atoms with Crippen LogP contribution in [-0.4, -0.2) is 36.7 Å². The van der Waals surface area contributed by atoms with Gasteiger partial charge in [-0.25, -0.2) is 14.8 Å². The number of anilines is 3. The fraction of sp³-hybridized carbons (Fsp3) is 0.190. The minimum Gasteiger partial charge on any atom is -0.496 e. The standard InChI is InChI=1S/C21H22N4O3/c1-27-18-9-4-3-6-15(18)10-11-22-19-13-20(24-14-23-19)25-17-8-5-7-16(12-17)21(26)28-2/h3-9,12-14H,10-11H2,1-2H3,(H2,22,23,24,25). The van der Waals surface area contributed by atoms with Crippen LogP contribution in [0.3, 0.4) is 0 Å². The van der Waals surface area contributed by atoms with E-state index in [0.717, 1.165) is 23.4 Å².